The third-order valence-electron chi connectivity index (χ3n) is 9.88. The van der Waals surface area contributed by atoms with Crippen LogP contribution in [0.1, 0.15) is 78.5 Å². The number of pyridine rings is 1. The maximum Gasteiger partial charge on any atom is 0.416 e. The number of benzene rings is 1. The van der Waals surface area contributed by atoms with E-state index in [2.05, 4.69) is 45.9 Å². The maximum absolute atomic E-state index is 14.6. The molecule has 242 valence electrons. The lowest BCUT2D eigenvalue weighted by atomic mass is 9.62. The van der Waals surface area contributed by atoms with Gasteiger partial charge in [0.15, 0.2) is 0 Å². The normalized spacial score (nSPS) is 20.5. The van der Waals surface area contributed by atoms with Gasteiger partial charge in [0.2, 0.25) is 5.88 Å². The van der Waals surface area contributed by atoms with E-state index in [-0.39, 0.29) is 29.1 Å². The second kappa shape index (κ2) is 12.0. The molecule has 1 aliphatic carbocycles. The van der Waals surface area contributed by atoms with E-state index in [0.29, 0.717) is 42.8 Å². The van der Waals surface area contributed by atoms with E-state index in [4.69, 9.17) is 4.74 Å². The fourth-order valence-electron chi connectivity index (χ4n) is 7.15. The van der Waals surface area contributed by atoms with Crippen LogP contribution in [0.4, 0.5) is 19.0 Å². The van der Waals surface area contributed by atoms with Crippen molar-refractivity contribution in [2.24, 2.45) is 13.0 Å². The summed E-state index contributed by atoms with van der Waals surface area (Å²) in [5.41, 5.74) is 0.538. The highest BCUT2D eigenvalue weighted by atomic mass is 19.4. The average molecular weight is 626 g/mol. The Morgan fingerprint density at radius 1 is 1.11 bits per heavy atom. The quantitative estimate of drug-likeness (QED) is 0.323. The van der Waals surface area contributed by atoms with Gasteiger partial charge in [0.05, 0.1) is 18.7 Å². The predicted molar refractivity (Wildman–Crippen MR) is 164 cm³/mol. The monoisotopic (exact) mass is 625 g/mol. The summed E-state index contributed by atoms with van der Waals surface area (Å²) in [5.74, 6) is 1.36. The number of carbonyl (C=O) groups is 1. The first-order valence-electron chi connectivity index (χ1n) is 15.8. The Labute approximate surface area is 262 Å². The van der Waals surface area contributed by atoms with Crippen molar-refractivity contribution in [3.63, 3.8) is 0 Å². The van der Waals surface area contributed by atoms with Crippen LogP contribution in [0.2, 0.25) is 0 Å². The SMILES string of the molecule is CCOc1cc(C2(Cc3nncn3C)CCC2)cc(N2Cc3c(cc(CN4CCN(C)C[C@@H]4C(C)C)cc3C(F)(F)F)C2=O)n1. The van der Waals surface area contributed by atoms with Crippen LogP contribution >= 0.6 is 0 Å². The molecule has 3 aromatic rings. The summed E-state index contributed by atoms with van der Waals surface area (Å²) < 4.78 is 51.4. The zero-order valence-corrected chi connectivity index (χ0v) is 26.7. The van der Waals surface area contributed by atoms with Crippen LogP contribution in [0.25, 0.3) is 0 Å². The van der Waals surface area contributed by atoms with E-state index in [1.54, 1.807) is 12.4 Å². The van der Waals surface area contributed by atoms with Crippen molar-refractivity contribution in [1.82, 2.24) is 29.5 Å². The molecule has 6 rings (SSSR count). The molecule has 1 saturated heterocycles. The number of aromatic nitrogens is 4. The van der Waals surface area contributed by atoms with Crippen LogP contribution in [0, 0.1) is 5.92 Å². The van der Waals surface area contributed by atoms with Gasteiger partial charge in [-0.2, -0.15) is 18.2 Å². The highest BCUT2D eigenvalue weighted by molar-refractivity contribution is 6.10. The smallest absolute Gasteiger partial charge is 0.416 e. The van der Waals surface area contributed by atoms with Gasteiger partial charge in [-0.05, 0) is 67.6 Å². The molecular weight excluding hydrogens is 583 g/mol. The van der Waals surface area contributed by atoms with Gasteiger partial charge in [-0.3, -0.25) is 14.6 Å². The zero-order chi connectivity index (χ0) is 32.1. The number of fused-ring (bicyclic) bond motifs is 1. The molecule has 1 atom stereocenters. The number of rotatable bonds is 9. The molecule has 2 fully saturated rings. The zero-order valence-electron chi connectivity index (χ0n) is 26.7. The second-order valence-corrected chi connectivity index (χ2v) is 13.3. The number of hydrogen-bond acceptors (Lipinski definition) is 7. The molecule has 0 unspecified atom stereocenters. The van der Waals surface area contributed by atoms with Crippen molar-refractivity contribution >= 4 is 11.7 Å². The van der Waals surface area contributed by atoms with Crippen molar-refractivity contribution in [1.29, 1.82) is 0 Å². The minimum Gasteiger partial charge on any atom is -0.478 e. The van der Waals surface area contributed by atoms with Crippen LogP contribution in [-0.2, 0) is 38.1 Å². The number of anilines is 1. The van der Waals surface area contributed by atoms with E-state index in [1.165, 1.54) is 11.0 Å². The van der Waals surface area contributed by atoms with Crippen LogP contribution in [-0.4, -0.2) is 74.8 Å². The number of alkyl halides is 3. The van der Waals surface area contributed by atoms with Crippen molar-refractivity contribution in [3.8, 4) is 5.88 Å². The standard InChI is InChI=1S/C33H42F3N7O2/c1-6-45-30-15-23(32(8-7-9-32)16-29-39-37-20-41(29)5)14-28(38-30)43-18-25-24(31(43)44)12-22(13-26(25)33(34,35)36)17-42-11-10-40(4)19-27(42)21(2)3/h12-15,20-21,27H,6-11,16-19H2,1-5H3/t27-/m1/s1. The molecule has 3 aliphatic rings. The van der Waals surface area contributed by atoms with Gasteiger partial charge in [0.25, 0.3) is 5.91 Å². The predicted octanol–water partition coefficient (Wildman–Crippen LogP) is 5.22. The van der Waals surface area contributed by atoms with Gasteiger partial charge in [-0.1, -0.05) is 20.3 Å². The summed E-state index contributed by atoms with van der Waals surface area (Å²) in [6.07, 6.45) is 0.579. The fraction of sp³-hybridized carbons (Fsp3) is 0.576. The summed E-state index contributed by atoms with van der Waals surface area (Å²) in [5, 5.41) is 8.33. The second-order valence-electron chi connectivity index (χ2n) is 13.3. The Hall–Kier alpha value is -3.51. The molecule has 0 bridgehead atoms. The Balaban J connectivity index is 1.36. The maximum atomic E-state index is 14.6. The molecular formula is C33H42F3N7O2. The molecule has 0 spiro atoms. The number of hydrogen-bond donors (Lipinski definition) is 0. The molecule has 0 N–H and O–H groups in total. The molecule has 2 aliphatic heterocycles. The highest BCUT2D eigenvalue weighted by Crippen LogP contribution is 2.48. The van der Waals surface area contributed by atoms with E-state index in [9.17, 15) is 18.0 Å². The van der Waals surface area contributed by atoms with E-state index in [1.807, 2.05) is 30.7 Å². The number of carbonyl (C=O) groups excluding carboxylic acids is 1. The number of likely N-dealkylation sites (N-methyl/N-ethyl adjacent to an activating group) is 1. The lowest BCUT2D eigenvalue weighted by molar-refractivity contribution is -0.138. The first-order valence-corrected chi connectivity index (χ1v) is 15.8. The summed E-state index contributed by atoms with van der Waals surface area (Å²) in [4.78, 5) is 24.5. The Morgan fingerprint density at radius 3 is 2.51 bits per heavy atom. The lowest BCUT2D eigenvalue weighted by Crippen LogP contribution is -2.53. The topological polar surface area (TPSA) is 79.6 Å². The number of aryl methyl sites for hydroxylation is 1. The van der Waals surface area contributed by atoms with Crippen LogP contribution < -0.4 is 9.64 Å². The minimum atomic E-state index is -4.60. The van der Waals surface area contributed by atoms with Gasteiger partial charge in [0.1, 0.15) is 18.0 Å². The molecule has 0 radical (unpaired) electrons. The minimum absolute atomic E-state index is 0.00218. The summed E-state index contributed by atoms with van der Waals surface area (Å²) in [6, 6.07) is 6.87. The van der Waals surface area contributed by atoms with Crippen molar-refractivity contribution in [3.05, 3.63) is 64.2 Å². The molecule has 1 saturated carbocycles. The van der Waals surface area contributed by atoms with E-state index < -0.39 is 17.6 Å². The summed E-state index contributed by atoms with van der Waals surface area (Å²) in [6.45, 7) is 9.10. The first kappa shape index (κ1) is 31.5. The molecule has 9 nitrogen and oxygen atoms in total. The van der Waals surface area contributed by atoms with E-state index in [0.717, 1.165) is 50.3 Å². The summed E-state index contributed by atoms with van der Waals surface area (Å²) in [7, 11) is 3.98. The van der Waals surface area contributed by atoms with Crippen LogP contribution in [0.5, 0.6) is 5.88 Å². The Kier molecular flexibility index (Phi) is 8.40. The van der Waals surface area contributed by atoms with Crippen molar-refractivity contribution in [2.75, 3.05) is 38.2 Å². The van der Waals surface area contributed by atoms with Crippen molar-refractivity contribution < 1.29 is 22.7 Å². The number of halogens is 3. The molecule has 12 heteroatoms. The number of amides is 1. The first-order chi connectivity index (χ1) is 21.4. The largest absolute Gasteiger partial charge is 0.478 e. The summed E-state index contributed by atoms with van der Waals surface area (Å²) >= 11 is 0. The van der Waals surface area contributed by atoms with Crippen LogP contribution in [0.3, 0.4) is 0 Å². The van der Waals surface area contributed by atoms with Crippen LogP contribution in [0.15, 0.2) is 30.6 Å². The van der Waals surface area contributed by atoms with Gasteiger partial charge >= 0.3 is 6.18 Å². The molecule has 1 aromatic carbocycles. The lowest BCUT2D eigenvalue weighted by Gasteiger charge is -2.42. The number of nitrogens with zero attached hydrogens (tertiary/aromatic N) is 7. The number of piperazine rings is 1. The third-order valence-corrected chi connectivity index (χ3v) is 9.88. The molecule has 45 heavy (non-hydrogen) atoms. The Morgan fingerprint density at radius 2 is 1.89 bits per heavy atom. The molecule has 2 aromatic heterocycles. The molecule has 1 amide bonds. The third kappa shape index (κ3) is 6.06. The fourth-order valence-corrected chi connectivity index (χ4v) is 7.15. The van der Waals surface area contributed by atoms with Crippen molar-refractivity contribution in [2.45, 2.75) is 77.2 Å². The highest BCUT2D eigenvalue weighted by Gasteiger charge is 2.44. The van der Waals surface area contributed by atoms with E-state index >= 15 is 0 Å². The van der Waals surface area contributed by atoms with Gasteiger partial charge in [-0.15, -0.1) is 10.2 Å². The average Bonchev–Trinajstić information content (AvgIpc) is 3.52. The molecule has 4 heterocycles. The number of ether oxygens (including phenoxy) is 1. The Bertz CT molecular complexity index is 1570. The van der Waals surface area contributed by atoms with Gasteiger partial charge < -0.3 is 14.2 Å². The van der Waals surface area contributed by atoms with Gasteiger partial charge in [-0.25, -0.2) is 0 Å². The van der Waals surface area contributed by atoms with Gasteiger partial charge in [0, 0.05) is 62.7 Å².